The zero-order valence-corrected chi connectivity index (χ0v) is 20.2. The highest BCUT2D eigenvalue weighted by Crippen LogP contribution is 2.42. The van der Waals surface area contributed by atoms with E-state index in [1.165, 1.54) is 0 Å². The Kier molecular flexibility index (Phi) is 6.64. The van der Waals surface area contributed by atoms with Crippen LogP contribution in [0.1, 0.15) is 51.9 Å². The SMILES string of the molecule is O=C(O)c1ccc2c(c1)CCCC(c1ccc(Cl)cc1Cl)=C2c1ccc(NC2CCNC2)cc1. The second-order valence-corrected chi connectivity index (χ2v) is 9.76. The lowest BCUT2D eigenvalue weighted by Crippen LogP contribution is -2.21. The number of benzene rings is 3. The molecule has 3 aromatic carbocycles. The van der Waals surface area contributed by atoms with Crippen LogP contribution in [0.2, 0.25) is 10.0 Å². The Morgan fingerprint density at radius 2 is 1.76 bits per heavy atom. The Morgan fingerprint density at radius 3 is 2.47 bits per heavy atom. The zero-order chi connectivity index (χ0) is 23.7. The first kappa shape index (κ1) is 23.0. The number of carboxylic acids is 1. The predicted octanol–water partition coefficient (Wildman–Crippen LogP) is 6.76. The summed E-state index contributed by atoms with van der Waals surface area (Å²) in [5, 5.41) is 17.7. The van der Waals surface area contributed by atoms with Gasteiger partial charge >= 0.3 is 5.97 Å². The van der Waals surface area contributed by atoms with E-state index in [2.05, 4.69) is 34.9 Å². The minimum Gasteiger partial charge on any atom is -0.478 e. The molecule has 1 aliphatic carbocycles. The third-order valence-electron chi connectivity index (χ3n) is 6.66. The second-order valence-electron chi connectivity index (χ2n) is 8.92. The van der Waals surface area contributed by atoms with Crippen molar-refractivity contribution < 1.29 is 9.90 Å². The fourth-order valence-electron chi connectivity index (χ4n) is 5.00. The molecule has 3 N–H and O–H groups in total. The third kappa shape index (κ3) is 4.72. The van der Waals surface area contributed by atoms with Crippen LogP contribution in [0.5, 0.6) is 0 Å². The summed E-state index contributed by atoms with van der Waals surface area (Å²) in [5.41, 5.74) is 7.83. The van der Waals surface area contributed by atoms with E-state index in [1.807, 2.05) is 24.3 Å². The van der Waals surface area contributed by atoms with E-state index in [4.69, 9.17) is 23.2 Å². The van der Waals surface area contributed by atoms with E-state index >= 15 is 0 Å². The fourth-order valence-corrected chi connectivity index (χ4v) is 5.52. The van der Waals surface area contributed by atoms with Gasteiger partial charge in [-0.05, 0) is 102 Å². The number of aryl methyl sites for hydroxylation is 1. The first-order valence-corrected chi connectivity index (χ1v) is 12.4. The molecule has 5 rings (SSSR count). The van der Waals surface area contributed by atoms with Gasteiger partial charge in [0.1, 0.15) is 0 Å². The number of hydrogen-bond donors (Lipinski definition) is 3. The smallest absolute Gasteiger partial charge is 0.335 e. The standard InChI is InChI=1S/C28H26Cl2N2O2/c29-20-7-11-24(26(30)15-20)25-3-1-2-18-14-19(28(33)34)6-10-23(18)27(25)17-4-8-21(9-5-17)32-22-12-13-31-16-22/h4-11,14-15,22,31-32H,1-3,12-13,16H2,(H,33,34). The molecule has 1 aliphatic heterocycles. The number of anilines is 1. The van der Waals surface area contributed by atoms with Gasteiger partial charge in [0.15, 0.2) is 0 Å². The first-order chi connectivity index (χ1) is 16.5. The Balaban J connectivity index is 1.64. The van der Waals surface area contributed by atoms with Crippen molar-refractivity contribution in [1.82, 2.24) is 5.32 Å². The molecule has 1 atom stereocenters. The molecule has 3 aromatic rings. The molecule has 1 saturated heterocycles. The quantitative estimate of drug-likeness (QED) is 0.368. The maximum absolute atomic E-state index is 11.6. The normalized spacial score (nSPS) is 17.9. The van der Waals surface area contributed by atoms with Gasteiger partial charge in [-0.25, -0.2) is 4.79 Å². The van der Waals surface area contributed by atoms with Crippen molar-refractivity contribution in [2.24, 2.45) is 0 Å². The highest BCUT2D eigenvalue weighted by atomic mass is 35.5. The molecule has 0 radical (unpaired) electrons. The Morgan fingerprint density at radius 1 is 0.971 bits per heavy atom. The number of carboxylic acid groups (broad SMARTS) is 1. The molecule has 1 heterocycles. The minimum absolute atomic E-state index is 0.316. The first-order valence-electron chi connectivity index (χ1n) is 11.6. The predicted molar refractivity (Wildman–Crippen MR) is 140 cm³/mol. The van der Waals surface area contributed by atoms with Crippen LogP contribution in [0, 0.1) is 0 Å². The molecular formula is C28H26Cl2N2O2. The van der Waals surface area contributed by atoms with Crippen LogP contribution in [0.3, 0.4) is 0 Å². The van der Waals surface area contributed by atoms with Crippen LogP contribution in [0.25, 0.3) is 11.1 Å². The molecule has 6 heteroatoms. The van der Waals surface area contributed by atoms with Crippen LogP contribution >= 0.6 is 23.2 Å². The number of aromatic carboxylic acids is 1. The molecule has 0 aromatic heterocycles. The maximum atomic E-state index is 11.6. The molecule has 1 unspecified atom stereocenters. The van der Waals surface area contributed by atoms with Crippen molar-refractivity contribution in [1.29, 1.82) is 0 Å². The van der Waals surface area contributed by atoms with E-state index in [0.29, 0.717) is 21.7 Å². The fraction of sp³-hybridized carbons (Fsp3) is 0.250. The summed E-state index contributed by atoms with van der Waals surface area (Å²) in [6, 6.07) is 20.1. The lowest BCUT2D eigenvalue weighted by atomic mass is 9.87. The number of carbonyl (C=O) groups is 1. The van der Waals surface area contributed by atoms with E-state index in [1.54, 1.807) is 12.1 Å². The Labute approximate surface area is 209 Å². The molecule has 0 bridgehead atoms. The summed E-state index contributed by atoms with van der Waals surface area (Å²) < 4.78 is 0. The zero-order valence-electron chi connectivity index (χ0n) is 18.7. The summed E-state index contributed by atoms with van der Waals surface area (Å²) >= 11 is 12.9. The lowest BCUT2D eigenvalue weighted by molar-refractivity contribution is 0.0696. The number of nitrogens with one attached hydrogen (secondary N) is 2. The van der Waals surface area contributed by atoms with Gasteiger partial charge in [0.2, 0.25) is 0 Å². The van der Waals surface area contributed by atoms with Gasteiger partial charge in [-0.3, -0.25) is 0 Å². The van der Waals surface area contributed by atoms with Crippen LogP contribution in [0.15, 0.2) is 60.7 Å². The van der Waals surface area contributed by atoms with E-state index in [9.17, 15) is 9.90 Å². The average Bonchev–Trinajstić information content (AvgIpc) is 3.25. The Bertz CT molecular complexity index is 1260. The lowest BCUT2D eigenvalue weighted by Gasteiger charge is -2.19. The van der Waals surface area contributed by atoms with Gasteiger partial charge in [0, 0.05) is 28.3 Å². The summed E-state index contributed by atoms with van der Waals surface area (Å²) in [4.78, 5) is 11.6. The monoisotopic (exact) mass is 492 g/mol. The molecule has 2 aliphatic rings. The average molecular weight is 493 g/mol. The van der Waals surface area contributed by atoms with Crippen molar-refractivity contribution in [2.75, 3.05) is 18.4 Å². The largest absolute Gasteiger partial charge is 0.478 e. The van der Waals surface area contributed by atoms with Gasteiger partial charge in [0.25, 0.3) is 0 Å². The van der Waals surface area contributed by atoms with Crippen LogP contribution in [-0.2, 0) is 6.42 Å². The van der Waals surface area contributed by atoms with E-state index < -0.39 is 5.97 Å². The molecule has 0 spiro atoms. The van der Waals surface area contributed by atoms with Crippen molar-refractivity contribution in [3.8, 4) is 0 Å². The van der Waals surface area contributed by atoms with Crippen molar-refractivity contribution >= 4 is 46.0 Å². The molecule has 0 amide bonds. The van der Waals surface area contributed by atoms with Gasteiger partial charge in [-0.2, -0.15) is 0 Å². The van der Waals surface area contributed by atoms with Gasteiger partial charge in [-0.1, -0.05) is 47.5 Å². The highest BCUT2D eigenvalue weighted by Gasteiger charge is 2.23. The number of allylic oxidation sites excluding steroid dienone is 1. The summed E-state index contributed by atoms with van der Waals surface area (Å²) in [6.45, 7) is 2.02. The molecule has 34 heavy (non-hydrogen) atoms. The van der Waals surface area contributed by atoms with Gasteiger partial charge in [0.05, 0.1) is 5.56 Å². The summed E-state index contributed by atoms with van der Waals surface area (Å²) in [7, 11) is 0. The molecular weight excluding hydrogens is 467 g/mol. The topological polar surface area (TPSA) is 61.4 Å². The maximum Gasteiger partial charge on any atom is 0.335 e. The van der Waals surface area contributed by atoms with Crippen molar-refractivity contribution in [3.63, 3.8) is 0 Å². The third-order valence-corrected chi connectivity index (χ3v) is 7.20. The molecule has 1 fully saturated rings. The summed E-state index contributed by atoms with van der Waals surface area (Å²) in [6.07, 6.45) is 3.66. The van der Waals surface area contributed by atoms with E-state index in [0.717, 1.165) is 77.9 Å². The molecule has 174 valence electrons. The Hall–Kier alpha value is -2.79. The number of fused-ring (bicyclic) bond motifs is 1. The second kappa shape index (κ2) is 9.83. The van der Waals surface area contributed by atoms with Gasteiger partial charge in [-0.15, -0.1) is 0 Å². The molecule has 4 nitrogen and oxygen atoms in total. The van der Waals surface area contributed by atoms with Crippen molar-refractivity contribution in [2.45, 2.75) is 31.7 Å². The van der Waals surface area contributed by atoms with Crippen LogP contribution < -0.4 is 10.6 Å². The summed E-state index contributed by atoms with van der Waals surface area (Å²) in [5.74, 6) is -0.907. The van der Waals surface area contributed by atoms with Crippen molar-refractivity contribution in [3.05, 3.63) is 98.5 Å². The molecule has 0 saturated carbocycles. The number of halogens is 2. The van der Waals surface area contributed by atoms with Crippen LogP contribution in [-0.4, -0.2) is 30.2 Å². The number of rotatable bonds is 5. The van der Waals surface area contributed by atoms with E-state index in [-0.39, 0.29) is 0 Å². The number of hydrogen-bond acceptors (Lipinski definition) is 3. The van der Waals surface area contributed by atoms with Crippen LogP contribution in [0.4, 0.5) is 5.69 Å². The van der Waals surface area contributed by atoms with Gasteiger partial charge < -0.3 is 15.7 Å². The highest BCUT2D eigenvalue weighted by molar-refractivity contribution is 6.36. The minimum atomic E-state index is -0.907.